The Hall–Kier alpha value is -3.72. The SMILES string of the molecule is C#CCOc1ccc(/C=C2\C(=O)NN(c3ccccc3)C2=O)cc1OCC. The first-order valence-corrected chi connectivity index (χ1v) is 8.39. The van der Waals surface area contributed by atoms with E-state index in [0.29, 0.717) is 29.4 Å². The van der Waals surface area contributed by atoms with Gasteiger partial charge in [-0.25, -0.2) is 5.01 Å². The number of nitrogens with one attached hydrogen (secondary N) is 1. The van der Waals surface area contributed by atoms with Crippen LogP contribution in [0.5, 0.6) is 11.5 Å². The number of para-hydroxylation sites is 1. The van der Waals surface area contributed by atoms with Crippen LogP contribution < -0.4 is 19.9 Å². The molecule has 0 radical (unpaired) electrons. The van der Waals surface area contributed by atoms with Crippen molar-refractivity contribution < 1.29 is 19.1 Å². The Kier molecular flexibility index (Phi) is 5.43. The smallest absolute Gasteiger partial charge is 0.282 e. The minimum atomic E-state index is -0.463. The lowest BCUT2D eigenvalue weighted by molar-refractivity contribution is -0.117. The molecule has 6 nitrogen and oxygen atoms in total. The molecule has 27 heavy (non-hydrogen) atoms. The van der Waals surface area contributed by atoms with E-state index in [4.69, 9.17) is 15.9 Å². The number of carbonyl (C=O) groups excluding carboxylic acids is 2. The molecule has 1 saturated heterocycles. The van der Waals surface area contributed by atoms with Gasteiger partial charge >= 0.3 is 0 Å². The molecule has 1 N–H and O–H groups in total. The van der Waals surface area contributed by atoms with Gasteiger partial charge < -0.3 is 9.47 Å². The molecule has 136 valence electrons. The summed E-state index contributed by atoms with van der Waals surface area (Å²) >= 11 is 0. The maximum Gasteiger partial charge on any atom is 0.282 e. The number of terminal acetylenes is 1. The van der Waals surface area contributed by atoms with Crippen LogP contribution in [0.4, 0.5) is 5.69 Å². The average molecular weight is 362 g/mol. The van der Waals surface area contributed by atoms with Crippen molar-refractivity contribution in [2.24, 2.45) is 0 Å². The molecule has 0 aliphatic carbocycles. The van der Waals surface area contributed by atoms with E-state index in [9.17, 15) is 9.59 Å². The largest absolute Gasteiger partial charge is 0.490 e. The summed E-state index contributed by atoms with van der Waals surface area (Å²) in [6, 6.07) is 14.0. The van der Waals surface area contributed by atoms with E-state index in [0.717, 1.165) is 0 Å². The number of rotatable bonds is 6. The van der Waals surface area contributed by atoms with E-state index in [1.165, 1.54) is 11.1 Å². The van der Waals surface area contributed by atoms with Crippen LogP contribution in [0.1, 0.15) is 12.5 Å². The third-order valence-corrected chi connectivity index (χ3v) is 3.80. The molecule has 0 aromatic heterocycles. The van der Waals surface area contributed by atoms with Crippen LogP contribution in [0.25, 0.3) is 6.08 Å². The van der Waals surface area contributed by atoms with E-state index in [1.54, 1.807) is 42.5 Å². The van der Waals surface area contributed by atoms with Crippen molar-refractivity contribution in [3.63, 3.8) is 0 Å². The maximum absolute atomic E-state index is 12.6. The second-order valence-electron chi connectivity index (χ2n) is 5.61. The Bertz CT molecular complexity index is 929. The third kappa shape index (κ3) is 3.93. The predicted molar refractivity (Wildman–Crippen MR) is 102 cm³/mol. The Morgan fingerprint density at radius 1 is 1.11 bits per heavy atom. The van der Waals surface area contributed by atoms with Crippen molar-refractivity contribution in [2.75, 3.05) is 18.2 Å². The highest BCUT2D eigenvalue weighted by Gasteiger charge is 2.34. The van der Waals surface area contributed by atoms with E-state index in [2.05, 4.69) is 11.3 Å². The number of benzene rings is 2. The summed E-state index contributed by atoms with van der Waals surface area (Å²) in [6.45, 7) is 2.41. The van der Waals surface area contributed by atoms with Gasteiger partial charge in [0.05, 0.1) is 12.3 Å². The summed E-state index contributed by atoms with van der Waals surface area (Å²) in [5, 5.41) is 1.22. The maximum atomic E-state index is 12.6. The Labute approximate surface area is 157 Å². The first-order valence-electron chi connectivity index (χ1n) is 8.39. The number of hydrazine groups is 1. The first kappa shape index (κ1) is 18.1. The molecule has 0 atom stereocenters. The van der Waals surface area contributed by atoms with Gasteiger partial charge in [0.25, 0.3) is 11.8 Å². The molecule has 2 aromatic carbocycles. The second kappa shape index (κ2) is 8.11. The van der Waals surface area contributed by atoms with Gasteiger partial charge in [-0.1, -0.05) is 30.2 Å². The number of anilines is 1. The van der Waals surface area contributed by atoms with Crippen molar-refractivity contribution in [3.8, 4) is 23.8 Å². The van der Waals surface area contributed by atoms with Gasteiger partial charge in [-0.2, -0.15) is 0 Å². The van der Waals surface area contributed by atoms with Crippen LogP contribution in [-0.2, 0) is 9.59 Å². The van der Waals surface area contributed by atoms with Crippen LogP contribution in [0.15, 0.2) is 54.1 Å². The van der Waals surface area contributed by atoms with Crippen LogP contribution in [0.2, 0.25) is 0 Å². The topological polar surface area (TPSA) is 67.9 Å². The fraction of sp³-hybridized carbons (Fsp3) is 0.143. The van der Waals surface area contributed by atoms with E-state index >= 15 is 0 Å². The fourth-order valence-corrected chi connectivity index (χ4v) is 2.60. The lowest BCUT2D eigenvalue weighted by Gasteiger charge is -2.14. The number of nitrogens with zero attached hydrogens (tertiary/aromatic N) is 1. The zero-order valence-electron chi connectivity index (χ0n) is 14.8. The van der Waals surface area contributed by atoms with Crippen LogP contribution in [0, 0.1) is 12.3 Å². The molecule has 3 rings (SSSR count). The molecule has 2 aromatic rings. The van der Waals surface area contributed by atoms with E-state index in [1.807, 2.05) is 13.0 Å². The van der Waals surface area contributed by atoms with Crippen LogP contribution in [0.3, 0.4) is 0 Å². The highest BCUT2D eigenvalue weighted by molar-refractivity contribution is 6.31. The Morgan fingerprint density at radius 2 is 1.89 bits per heavy atom. The molecular formula is C21H18N2O4. The normalized spacial score (nSPS) is 14.8. The summed E-state index contributed by atoms with van der Waals surface area (Å²) < 4.78 is 11.0. The van der Waals surface area contributed by atoms with Gasteiger partial charge in [0.1, 0.15) is 12.2 Å². The molecule has 0 bridgehead atoms. The standard InChI is InChI=1S/C21H18N2O4/c1-3-12-27-18-11-10-15(14-19(18)26-4-2)13-17-20(24)22-23(21(17)25)16-8-6-5-7-9-16/h1,5-11,13-14H,4,12H2,2H3,(H,22,24)/b17-13+. The molecule has 1 heterocycles. The van der Waals surface area contributed by atoms with E-state index < -0.39 is 11.8 Å². The lowest BCUT2D eigenvalue weighted by Crippen LogP contribution is -2.35. The average Bonchev–Trinajstić information content (AvgIpc) is 2.96. The van der Waals surface area contributed by atoms with Crippen molar-refractivity contribution in [2.45, 2.75) is 6.92 Å². The summed E-state index contributed by atoms with van der Waals surface area (Å²) in [6.07, 6.45) is 6.74. The van der Waals surface area contributed by atoms with Crippen molar-refractivity contribution in [1.29, 1.82) is 0 Å². The molecular weight excluding hydrogens is 344 g/mol. The molecule has 1 aliphatic heterocycles. The number of hydrogen-bond acceptors (Lipinski definition) is 4. The number of ether oxygens (including phenoxy) is 2. The molecule has 0 spiro atoms. The van der Waals surface area contributed by atoms with Crippen LogP contribution in [-0.4, -0.2) is 25.0 Å². The number of hydrogen-bond donors (Lipinski definition) is 1. The lowest BCUT2D eigenvalue weighted by atomic mass is 10.1. The van der Waals surface area contributed by atoms with Gasteiger partial charge in [0.2, 0.25) is 0 Å². The summed E-state index contributed by atoms with van der Waals surface area (Å²) in [5.41, 5.74) is 3.84. The number of amides is 2. The van der Waals surface area contributed by atoms with Gasteiger partial charge in [-0.05, 0) is 42.8 Å². The Balaban J connectivity index is 1.89. The highest BCUT2D eigenvalue weighted by atomic mass is 16.5. The minimum Gasteiger partial charge on any atom is -0.490 e. The highest BCUT2D eigenvalue weighted by Crippen LogP contribution is 2.30. The van der Waals surface area contributed by atoms with Gasteiger partial charge in [0.15, 0.2) is 11.5 Å². The quantitative estimate of drug-likeness (QED) is 0.487. The predicted octanol–water partition coefficient (Wildman–Crippen LogP) is 2.56. The first-order chi connectivity index (χ1) is 13.1. The monoisotopic (exact) mass is 362 g/mol. The van der Waals surface area contributed by atoms with Crippen molar-refractivity contribution >= 4 is 23.6 Å². The fourth-order valence-electron chi connectivity index (χ4n) is 2.60. The van der Waals surface area contributed by atoms with Gasteiger partial charge in [-0.15, -0.1) is 6.42 Å². The van der Waals surface area contributed by atoms with E-state index in [-0.39, 0.29) is 12.2 Å². The molecule has 0 saturated carbocycles. The molecule has 6 heteroatoms. The molecule has 1 aliphatic rings. The summed E-state index contributed by atoms with van der Waals surface area (Å²) in [4.78, 5) is 24.9. The third-order valence-electron chi connectivity index (χ3n) is 3.80. The molecule has 1 fully saturated rings. The van der Waals surface area contributed by atoms with Gasteiger partial charge in [0, 0.05) is 0 Å². The van der Waals surface area contributed by atoms with Crippen molar-refractivity contribution in [1.82, 2.24) is 5.43 Å². The van der Waals surface area contributed by atoms with Crippen LogP contribution >= 0.6 is 0 Å². The minimum absolute atomic E-state index is 0.0404. The second-order valence-corrected chi connectivity index (χ2v) is 5.61. The molecule has 2 amide bonds. The zero-order valence-corrected chi connectivity index (χ0v) is 14.8. The summed E-state index contributed by atoms with van der Waals surface area (Å²) in [7, 11) is 0. The zero-order chi connectivity index (χ0) is 19.2. The summed E-state index contributed by atoms with van der Waals surface area (Å²) in [5.74, 6) is 2.51. The van der Waals surface area contributed by atoms with Crippen molar-refractivity contribution in [3.05, 3.63) is 59.7 Å². The molecule has 0 unspecified atom stereocenters. The number of carbonyl (C=O) groups is 2. The Morgan fingerprint density at radius 3 is 2.59 bits per heavy atom. The van der Waals surface area contributed by atoms with Gasteiger partial charge in [-0.3, -0.25) is 15.0 Å².